The summed E-state index contributed by atoms with van der Waals surface area (Å²) < 4.78 is 10.5. The van der Waals surface area contributed by atoms with Crippen molar-refractivity contribution in [1.29, 1.82) is 0 Å². The molecule has 0 fully saturated rings. The zero-order chi connectivity index (χ0) is 20.7. The average molecular weight is 391 g/mol. The summed E-state index contributed by atoms with van der Waals surface area (Å²) in [6, 6.07) is 10.8. The van der Waals surface area contributed by atoms with Crippen LogP contribution in [0.4, 0.5) is 11.4 Å². The molecule has 29 heavy (non-hydrogen) atoms. The maximum atomic E-state index is 12.9. The number of carbonyl (C=O) groups excluding carboxylic acids is 1. The smallest absolute Gasteiger partial charge is 0.277 e. The molecule has 1 N–H and O–H groups in total. The lowest BCUT2D eigenvalue weighted by Gasteiger charge is -2.15. The predicted octanol–water partition coefficient (Wildman–Crippen LogP) is 3.33. The van der Waals surface area contributed by atoms with Gasteiger partial charge >= 0.3 is 0 Å². The fourth-order valence-electron chi connectivity index (χ4n) is 3.42. The van der Waals surface area contributed by atoms with Crippen molar-refractivity contribution in [1.82, 2.24) is 0 Å². The van der Waals surface area contributed by atoms with Crippen LogP contribution in [0.1, 0.15) is 11.1 Å². The normalized spacial score (nSPS) is 14.0. The van der Waals surface area contributed by atoms with Crippen molar-refractivity contribution in [2.45, 2.75) is 0 Å². The van der Waals surface area contributed by atoms with Crippen molar-refractivity contribution >= 4 is 39.7 Å². The number of nitrogens with one attached hydrogen (secondary N) is 1. The largest absolute Gasteiger partial charge is 0.872 e. The SMILES string of the molecule is COc1cc2c(cc1OC)/C(=C\c1cc([N+](=O)[O-])c3ccccc3c1[O-])C(=O)N2. The zero-order valence-corrected chi connectivity index (χ0v) is 15.5. The summed E-state index contributed by atoms with van der Waals surface area (Å²) in [4.78, 5) is 23.5. The Kier molecular flexibility index (Phi) is 4.31. The van der Waals surface area contributed by atoms with Crippen LogP contribution in [-0.4, -0.2) is 25.1 Å². The molecule has 0 saturated carbocycles. The number of methoxy groups -OCH3 is 2. The lowest BCUT2D eigenvalue weighted by Crippen LogP contribution is -2.04. The molecule has 0 spiro atoms. The highest BCUT2D eigenvalue weighted by molar-refractivity contribution is 6.35. The van der Waals surface area contributed by atoms with Gasteiger partial charge in [0.15, 0.2) is 11.5 Å². The van der Waals surface area contributed by atoms with Gasteiger partial charge in [0.2, 0.25) is 0 Å². The fraction of sp³-hybridized carbons (Fsp3) is 0.0952. The Bertz CT molecular complexity index is 1220. The first-order valence-corrected chi connectivity index (χ1v) is 8.61. The molecule has 8 heteroatoms. The van der Waals surface area contributed by atoms with Crippen LogP contribution >= 0.6 is 0 Å². The highest BCUT2D eigenvalue weighted by Crippen LogP contribution is 2.42. The number of nitro benzene ring substituents is 1. The molecule has 0 aliphatic carbocycles. The molecule has 8 nitrogen and oxygen atoms in total. The van der Waals surface area contributed by atoms with Crippen LogP contribution in [0.25, 0.3) is 22.4 Å². The highest BCUT2D eigenvalue weighted by atomic mass is 16.6. The molecule has 1 aliphatic heterocycles. The summed E-state index contributed by atoms with van der Waals surface area (Å²) >= 11 is 0. The van der Waals surface area contributed by atoms with Gasteiger partial charge < -0.3 is 19.9 Å². The third-order valence-electron chi connectivity index (χ3n) is 4.81. The van der Waals surface area contributed by atoms with Crippen molar-refractivity contribution in [3.8, 4) is 17.2 Å². The molecule has 0 saturated heterocycles. The maximum Gasteiger partial charge on any atom is 0.277 e. The Balaban J connectivity index is 1.94. The van der Waals surface area contributed by atoms with E-state index in [0.29, 0.717) is 22.7 Å². The molecular weight excluding hydrogens is 376 g/mol. The number of hydrogen-bond acceptors (Lipinski definition) is 6. The lowest BCUT2D eigenvalue weighted by molar-refractivity contribution is -0.383. The van der Waals surface area contributed by atoms with Gasteiger partial charge in [-0.3, -0.25) is 14.9 Å². The topological polar surface area (TPSA) is 114 Å². The van der Waals surface area contributed by atoms with Gasteiger partial charge in [0.25, 0.3) is 11.6 Å². The molecule has 1 heterocycles. The maximum absolute atomic E-state index is 12.9. The first-order valence-electron chi connectivity index (χ1n) is 8.61. The van der Waals surface area contributed by atoms with Crippen molar-refractivity contribution in [3.05, 3.63) is 63.7 Å². The van der Waals surface area contributed by atoms with E-state index in [9.17, 15) is 20.0 Å². The van der Waals surface area contributed by atoms with E-state index < -0.39 is 10.8 Å². The van der Waals surface area contributed by atoms with Crippen molar-refractivity contribution in [2.24, 2.45) is 0 Å². The van der Waals surface area contributed by atoms with E-state index in [-0.39, 0.29) is 33.3 Å². The Labute approximate surface area is 165 Å². The third kappa shape index (κ3) is 2.91. The minimum Gasteiger partial charge on any atom is -0.872 e. The van der Waals surface area contributed by atoms with Gasteiger partial charge in [-0.1, -0.05) is 23.9 Å². The fourth-order valence-corrected chi connectivity index (χ4v) is 3.42. The van der Waals surface area contributed by atoms with E-state index in [1.54, 1.807) is 24.3 Å². The molecule has 4 rings (SSSR count). The Morgan fingerprint density at radius 3 is 2.34 bits per heavy atom. The Morgan fingerprint density at radius 2 is 1.69 bits per heavy atom. The average Bonchev–Trinajstić information content (AvgIpc) is 3.02. The first-order chi connectivity index (χ1) is 13.9. The zero-order valence-electron chi connectivity index (χ0n) is 15.5. The van der Waals surface area contributed by atoms with E-state index in [0.717, 1.165) is 0 Å². The van der Waals surface area contributed by atoms with Crippen LogP contribution in [0.15, 0.2) is 42.5 Å². The predicted molar refractivity (Wildman–Crippen MR) is 106 cm³/mol. The minimum atomic E-state index is -0.541. The van der Waals surface area contributed by atoms with Gasteiger partial charge in [0, 0.05) is 23.3 Å². The number of hydrogen-bond donors (Lipinski definition) is 1. The van der Waals surface area contributed by atoms with Crippen LogP contribution in [-0.2, 0) is 4.79 Å². The number of non-ortho nitro benzene ring substituents is 1. The summed E-state index contributed by atoms with van der Waals surface area (Å²) in [5.74, 6) is 0.0464. The van der Waals surface area contributed by atoms with Gasteiger partial charge in [-0.2, -0.15) is 0 Å². The van der Waals surface area contributed by atoms with E-state index in [1.807, 2.05) is 0 Å². The monoisotopic (exact) mass is 391 g/mol. The summed E-state index contributed by atoms with van der Waals surface area (Å²) in [5, 5.41) is 27.6. The second-order valence-electron chi connectivity index (χ2n) is 6.38. The van der Waals surface area contributed by atoms with Crippen LogP contribution in [0, 0.1) is 10.1 Å². The number of nitrogens with zero attached hydrogens (tertiary/aromatic N) is 1. The van der Waals surface area contributed by atoms with Gasteiger partial charge in [-0.25, -0.2) is 0 Å². The molecule has 146 valence electrons. The Hall–Kier alpha value is -4.07. The molecule has 3 aromatic rings. The number of benzene rings is 3. The molecule has 0 bridgehead atoms. The highest BCUT2D eigenvalue weighted by Gasteiger charge is 2.27. The van der Waals surface area contributed by atoms with Crippen molar-refractivity contribution in [3.63, 3.8) is 0 Å². The molecule has 1 amide bonds. The number of carbonyl (C=O) groups is 1. The molecule has 0 atom stereocenters. The van der Waals surface area contributed by atoms with Gasteiger partial charge in [-0.15, -0.1) is 0 Å². The van der Waals surface area contributed by atoms with E-state index in [1.165, 1.54) is 38.5 Å². The second-order valence-corrected chi connectivity index (χ2v) is 6.38. The standard InChI is InChI=1S/C21H16N2O6/c1-28-18-9-14-15(21(25)22-16(14)10-19(18)29-2)7-11-8-17(23(26)27)12-5-3-4-6-13(12)20(11)24/h3-10,24H,1-2H3,(H,22,25)/p-1/b15-7+. The Morgan fingerprint density at radius 1 is 1.03 bits per heavy atom. The van der Waals surface area contributed by atoms with Gasteiger partial charge in [-0.05, 0) is 29.2 Å². The van der Waals surface area contributed by atoms with Crippen LogP contribution in [0.3, 0.4) is 0 Å². The molecule has 0 unspecified atom stereocenters. The lowest BCUT2D eigenvalue weighted by atomic mass is 9.99. The van der Waals surface area contributed by atoms with E-state index in [4.69, 9.17) is 9.47 Å². The van der Waals surface area contributed by atoms with Crippen LogP contribution in [0.2, 0.25) is 0 Å². The van der Waals surface area contributed by atoms with Gasteiger partial charge in [0.1, 0.15) is 0 Å². The summed E-state index contributed by atoms with van der Waals surface area (Å²) in [5.41, 5.74) is 1.09. The number of amides is 1. The summed E-state index contributed by atoms with van der Waals surface area (Å²) in [6.07, 6.45) is 1.37. The van der Waals surface area contributed by atoms with E-state index >= 15 is 0 Å². The number of fused-ring (bicyclic) bond motifs is 2. The number of nitro groups is 1. The first kappa shape index (κ1) is 18.3. The molecule has 3 aromatic carbocycles. The molecule has 0 aromatic heterocycles. The van der Waals surface area contributed by atoms with Gasteiger partial charge in [0.05, 0.1) is 30.2 Å². The number of anilines is 1. The molecule has 0 radical (unpaired) electrons. The van der Waals surface area contributed by atoms with Crippen LogP contribution in [0.5, 0.6) is 17.2 Å². The third-order valence-corrected chi connectivity index (χ3v) is 4.81. The van der Waals surface area contributed by atoms with Crippen molar-refractivity contribution < 1.29 is 24.3 Å². The number of rotatable bonds is 4. The second kappa shape index (κ2) is 6.83. The number of ether oxygens (including phenoxy) is 2. The minimum absolute atomic E-state index is 0.0585. The van der Waals surface area contributed by atoms with Crippen molar-refractivity contribution in [2.75, 3.05) is 19.5 Å². The van der Waals surface area contributed by atoms with E-state index in [2.05, 4.69) is 5.32 Å². The molecule has 1 aliphatic rings. The summed E-state index contributed by atoms with van der Waals surface area (Å²) in [6.45, 7) is 0. The summed E-state index contributed by atoms with van der Waals surface area (Å²) in [7, 11) is 2.95. The quantitative estimate of drug-likeness (QED) is 0.415. The molecular formula is C21H15N2O6-. The van der Waals surface area contributed by atoms with Crippen LogP contribution < -0.4 is 19.9 Å².